The average molecular weight is 490 g/mol. The summed E-state index contributed by atoms with van der Waals surface area (Å²) in [6.07, 6.45) is 0. The number of nitrogens with one attached hydrogen (secondary N) is 1. The van der Waals surface area contributed by atoms with E-state index in [-0.39, 0.29) is 5.56 Å². The molecule has 1 atom stereocenters. The molecule has 0 radical (unpaired) electrons. The largest absolute Gasteiger partial charge is 0.495 e. The Morgan fingerprint density at radius 2 is 1.86 bits per heavy atom. The van der Waals surface area contributed by atoms with Crippen LogP contribution in [-0.4, -0.2) is 77.1 Å². The van der Waals surface area contributed by atoms with Crippen LogP contribution in [0.1, 0.15) is 23.0 Å². The molecule has 2 aromatic carbocycles. The number of pyridine rings is 1. The number of aromatic amines is 1. The number of piperazine rings is 1. The van der Waals surface area contributed by atoms with Gasteiger partial charge < -0.3 is 19.4 Å². The lowest BCUT2D eigenvalue weighted by atomic mass is 10.0. The van der Waals surface area contributed by atoms with Crippen molar-refractivity contribution in [1.82, 2.24) is 30.1 Å². The number of aromatic nitrogens is 5. The topological polar surface area (TPSA) is 101 Å². The number of hydrogen-bond donors (Lipinski definition) is 1. The minimum Gasteiger partial charge on any atom is -0.495 e. The van der Waals surface area contributed by atoms with Gasteiger partial charge in [-0.2, -0.15) is 0 Å². The SMILES string of the molecule is COCCn1nnnc1C(c1cc2cc(C)ccc2[nH]c1=O)N1CCN(c2ccccc2OC)CC1. The Morgan fingerprint density at radius 1 is 1.06 bits per heavy atom. The monoisotopic (exact) mass is 489 g/mol. The number of H-pyrrole nitrogens is 1. The number of hydrogen-bond acceptors (Lipinski definition) is 8. The van der Waals surface area contributed by atoms with Gasteiger partial charge in [0.2, 0.25) is 0 Å². The number of nitrogens with zero attached hydrogens (tertiary/aromatic N) is 6. The highest BCUT2D eigenvalue weighted by atomic mass is 16.5. The van der Waals surface area contributed by atoms with Crippen molar-refractivity contribution in [2.45, 2.75) is 19.5 Å². The maximum Gasteiger partial charge on any atom is 0.253 e. The summed E-state index contributed by atoms with van der Waals surface area (Å²) in [6.45, 7) is 6.03. The summed E-state index contributed by atoms with van der Waals surface area (Å²) >= 11 is 0. The zero-order valence-corrected chi connectivity index (χ0v) is 20.8. The van der Waals surface area contributed by atoms with Crippen molar-refractivity contribution in [2.75, 3.05) is 51.9 Å². The van der Waals surface area contributed by atoms with Crippen molar-refractivity contribution in [3.8, 4) is 5.75 Å². The van der Waals surface area contributed by atoms with Crippen molar-refractivity contribution in [3.63, 3.8) is 0 Å². The Kier molecular flexibility index (Phi) is 6.97. The van der Waals surface area contributed by atoms with Crippen LogP contribution in [-0.2, 0) is 11.3 Å². The van der Waals surface area contributed by atoms with Crippen LogP contribution in [0.25, 0.3) is 10.9 Å². The number of aryl methyl sites for hydroxylation is 1. The minimum atomic E-state index is -0.398. The van der Waals surface area contributed by atoms with Gasteiger partial charge in [-0.3, -0.25) is 9.69 Å². The molecule has 0 aliphatic carbocycles. The van der Waals surface area contributed by atoms with Crippen molar-refractivity contribution >= 4 is 16.6 Å². The van der Waals surface area contributed by atoms with Crippen molar-refractivity contribution in [2.24, 2.45) is 0 Å². The molecule has 2 aromatic heterocycles. The molecule has 1 saturated heterocycles. The Morgan fingerprint density at radius 3 is 2.64 bits per heavy atom. The fourth-order valence-corrected chi connectivity index (χ4v) is 4.90. The van der Waals surface area contributed by atoms with E-state index in [1.807, 2.05) is 43.3 Å². The lowest BCUT2D eigenvalue weighted by Crippen LogP contribution is -2.49. The van der Waals surface area contributed by atoms with Gasteiger partial charge in [0.15, 0.2) is 5.82 Å². The molecule has 10 heteroatoms. The first-order valence-corrected chi connectivity index (χ1v) is 12.1. The lowest BCUT2D eigenvalue weighted by Gasteiger charge is -2.40. The zero-order valence-electron chi connectivity index (χ0n) is 20.8. The molecule has 1 fully saturated rings. The van der Waals surface area contributed by atoms with Crippen LogP contribution in [0.2, 0.25) is 0 Å². The summed E-state index contributed by atoms with van der Waals surface area (Å²) in [4.78, 5) is 21.0. The van der Waals surface area contributed by atoms with Gasteiger partial charge in [0, 0.05) is 44.4 Å². The summed E-state index contributed by atoms with van der Waals surface area (Å²) in [6, 6.07) is 15.7. The van der Waals surface area contributed by atoms with Crippen LogP contribution in [0, 0.1) is 6.92 Å². The molecule has 1 aliphatic rings. The molecule has 1 unspecified atom stereocenters. The predicted octanol–water partition coefficient (Wildman–Crippen LogP) is 2.39. The number of ether oxygens (including phenoxy) is 2. The summed E-state index contributed by atoms with van der Waals surface area (Å²) in [7, 11) is 3.34. The molecule has 0 saturated carbocycles. The van der Waals surface area contributed by atoms with Gasteiger partial charge in [0.25, 0.3) is 5.56 Å². The summed E-state index contributed by atoms with van der Waals surface area (Å²) in [5, 5.41) is 13.5. The molecule has 36 heavy (non-hydrogen) atoms. The normalized spacial score (nSPS) is 15.4. The quantitative estimate of drug-likeness (QED) is 0.403. The van der Waals surface area contributed by atoms with E-state index in [9.17, 15) is 4.79 Å². The highest BCUT2D eigenvalue weighted by Gasteiger charge is 2.33. The fourth-order valence-electron chi connectivity index (χ4n) is 4.90. The molecule has 1 N–H and O–H groups in total. The van der Waals surface area contributed by atoms with Gasteiger partial charge in [-0.1, -0.05) is 23.8 Å². The molecule has 10 nitrogen and oxygen atoms in total. The van der Waals surface area contributed by atoms with E-state index in [0.717, 1.165) is 54.1 Å². The number of fused-ring (bicyclic) bond motifs is 1. The van der Waals surface area contributed by atoms with Gasteiger partial charge >= 0.3 is 0 Å². The van der Waals surface area contributed by atoms with E-state index in [4.69, 9.17) is 9.47 Å². The minimum absolute atomic E-state index is 0.134. The standard InChI is InChI=1S/C26H31N7O3/c1-18-8-9-21-19(16-18)17-20(26(34)27-21)24(25-28-29-30-33(25)14-15-35-2)32-12-10-31(11-13-32)22-6-4-5-7-23(22)36-3/h4-9,16-17,24H,10-15H2,1-3H3,(H,27,34). The van der Waals surface area contributed by atoms with Gasteiger partial charge in [0.1, 0.15) is 11.8 Å². The molecule has 1 aliphatic heterocycles. The molecule has 3 heterocycles. The first kappa shape index (κ1) is 24.0. The second-order valence-electron chi connectivity index (χ2n) is 8.99. The Balaban J connectivity index is 1.52. The third-order valence-corrected chi connectivity index (χ3v) is 6.74. The molecule has 0 amide bonds. The number of para-hydroxylation sites is 2. The molecular weight excluding hydrogens is 458 g/mol. The third kappa shape index (κ3) is 4.69. The Bertz CT molecular complexity index is 1390. The second kappa shape index (κ2) is 10.5. The van der Waals surface area contributed by atoms with Crippen LogP contribution in [0.15, 0.2) is 53.3 Å². The number of benzene rings is 2. The smallest absolute Gasteiger partial charge is 0.253 e. The second-order valence-corrected chi connectivity index (χ2v) is 8.99. The predicted molar refractivity (Wildman–Crippen MR) is 138 cm³/mol. The molecule has 4 aromatic rings. The highest BCUT2D eigenvalue weighted by Crippen LogP contribution is 2.32. The summed E-state index contributed by atoms with van der Waals surface area (Å²) < 4.78 is 12.6. The first-order valence-electron chi connectivity index (χ1n) is 12.1. The van der Waals surface area contributed by atoms with Gasteiger partial charge in [-0.25, -0.2) is 4.68 Å². The van der Waals surface area contributed by atoms with E-state index in [1.165, 1.54) is 0 Å². The van der Waals surface area contributed by atoms with E-state index in [0.29, 0.717) is 24.5 Å². The Labute approximate surface area is 209 Å². The number of rotatable bonds is 8. The number of methoxy groups -OCH3 is 2. The highest BCUT2D eigenvalue weighted by molar-refractivity contribution is 5.79. The molecule has 5 rings (SSSR count). The van der Waals surface area contributed by atoms with E-state index in [1.54, 1.807) is 18.9 Å². The van der Waals surface area contributed by atoms with Crippen LogP contribution >= 0.6 is 0 Å². The maximum absolute atomic E-state index is 13.4. The fraction of sp³-hybridized carbons (Fsp3) is 0.385. The third-order valence-electron chi connectivity index (χ3n) is 6.74. The molecule has 188 valence electrons. The Hall–Kier alpha value is -3.76. The lowest BCUT2D eigenvalue weighted by molar-refractivity contribution is 0.171. The number of anilines is 1. The van der Waals surface area contributed by atoms with Gasteiger partial charge in [0.05, 0.1) is 25.9 Å². The zero-order chi connectivity index (χ0) is 25.1. The van der Waals surface area contributed by atoms with E-state index in [2.05, 4.69) is 42.4 Å². The van der Waals surface area contributed by atoms with Gasteiger partial charge in [-0.15, -0.1) is 5.10 Å². The van der Waals surface area contributed by atoms with Crippen molar-refractivity contribution in [1.29, 1.82) is 0 Å². The molecule has 0 spiro atoms. The maximum atomic E-state index is 13.4. The average Bonchev–Trinajstić information content (AvgIpc) is 3.36. The van der Waals surface area contributed by atoms with Crippen LogP contribution in [0.3, 0.4) is 0 Å². The van der Waals surface area contributed by atoms with Crippen molar-refractivity contribution in [3.05, 3.63) is 75.8 Å². The summed E-state index contributed by atoms with van der Waals surface area (Å²) in [5.41, 5.74) is 3.51. The first-order chi connectivity index (χ1) is 17.6. The van der Waals surface area contributed by atoms with Crippen molar-refractivity contribution < 1.29 is 9.47 Å². The number of tetrazole rings is 1. The van der Waals surface area contributed by atoms with Crippen LogP contribution < -0.4 is 15.2 Å². The summed E-state index contributed by atoms with van der Waals surface area (Å²) in [5.74, 6) is 1.49. The molecule has 0 bridgehead atoms. The van der Waals surface area contributed by atoms with Crippen LogP contribution in [0.4, 0.5) is 5.69 Å². The van der Waals surface area contributed by atoms with E-state index >= 15 is 0 Å². The van der Waals surface area contributed by atoms with E-state index < -0.39 is 6.04 Å². The van der Waals surface area contributed by atoms with Crippen LogP contribution in [0.5, 0.6) is 5.75 Å². The molecular formula is C26H31N7O3. The van der Waals surface area contributed by atoms with Gasteiger partial charge in [-0.05, 0) is 53.1 Å².